The molecule has 0 atom stereocenters. The fourth-order valence-corrected chi connectivity index (χ4v) is 3.63. The molecular weight excluding hydrogens is 350 g/mol. The summed E-state index contributed by atoms with van der Waals surface area (Å²) in [6.45, 7) is 1.76. The van der Waals surface area contributed by atoms with E-state index in [0.717, 1.165) is 42.2 Å². The molecule has 7 heteroatoms. The summed E-state index contributed by atoms with van der Waals surface area (Å²) in [5, 5.41) is 9.27. The molecule has 138 valence electrons. The number of hydrogen-bond acceptors (Lipinski definition) is 6. The van der Waals surface area contributed by atoms with Gasteiger partial charge in [0.1, 0.15) is 5.03 Å². The summed E-state index contributed by atoms with van der Waals surface area (Å²) in [7, 11) is 3.21. The van der Waals surface area contributed by atoms with E-state index < -0.39 is 0 Å². The zero-order chi connectivity index (χ0) is 18.4. The van der Waals surface area contributed by atoms with Crippen LogP contribution >= 0.6 is 11.8 Å². The van der Waals surface area contributed by atoms with E-state index in [-0.39, 0.29) is 5.91 Å². The van der Waals surface area contributed by atoms with E-state index in [0.29, 0.717) is 17.3 Å². The number of carbonyl (C=O) groups is 1. The number of benzene rings is 1. The number of nitrogens with zero attached hydrogens (tertiary/aromatic N) is 3. The highest BCUT2D eigenvalue weighted by atomic mass is 32.2. The number of carbonyl (C=O) groups excluding carboxylic acids is 1. The average Bonchev–Trinajstić information content (AvgIpc) is 2.72. The van der Waals surface area contributed by atoms with E-state index in [9.17, 15) is 4.79 Å². The predicted molar refractivity (Wildman–Crippen MR) is 102 cm³/mol. The molecule has 2 heterocycles. The molecule has 0 N–H and O–H groups in total. The number of hydrogen-bond donors (Lipinski definition) is 0. The molecular formula is C19H23N3O3S. The first-order chi connectivity index (χ1) is 12.7. The number of thioether (sulfide) groups is 1. The van der Waals surface area contributed by atoms with Gasteiger partial charge < -0.3 is 14.4 Å². The van der Waals surface area contributed by atoms with Crippen LogP contribution in [-0.2, 0) is 4.79 Å². The molecule has 1 aromatic carbocycles. The Bertz CT molecular complexity index is 746. The van der Waals surface area contributed by atoms with Crippen LogP contribution in [0.5, 0.6) is 11.5 Å². The monoisotopic (exact) mass is 373 g/mol. The van der Waals surface area contributed by atoms with E-state index in [1.165, 1.54) is 18.2 Å². The molecule has 2 aromatic rings. The van der Waals surface area contributed by atoms with Gasteiger partial charge >= 0.3 is 0 Å². The number of likely N-dealkylation sites (tertiary alicyclic amines) is 1. The zero-order valence-corrected chi connectivity index (χ0v) is 15.9. The lowest BCUT2D eigenvalue weighted by Crippen LogP contribution is -2.36. The van der Waals surface area contributed by atoms with E-state index in [4.69, 9.17) is 9.47 Å². The molecule has 0 unspecified atom stereocenters. The minimum absolute atomic E-state index is 0.181. The summed E-state index contributed by atoms with van der Waals surface area (Å²) in [5.41, 5.74) is 1.65. The fourth-order valence-electron chi connectivity index (χ4n) is 2.92. The molecule has 3 rings (SSSR count). The molecule has 1 fully saturated rings. The van der Waals surface area contributed by atoms with E-state index >= 15 is 0 Å². The lowest BCUT2D eigenvalue weighted by Gasteiger charge is -2.26. The molecule has 6 nitrogen and oxygen atoms in total. The summed E-state index contributed by atoms with van der Waals surface area (Å²) >= 11 is 1.43. The highest BCUT2D eigenvalue weighted by molar-refractivity contribution is 7.99. The summed E-state index contributed by atoms with van der Waals surface area (Å²) in [6.07, 6.45) is 3.44. The fraction of sp³-hybridized carbons (Fsp3) is 0.421. The molecule has 0 radical (unpaired) electrons. The highest BCUT2D eigenvalue weighted by Gasteiger charge is 2.16. The maximum Gasteiger partial charge on any atom is 0.232 e. The van der Waals surface area contributed by atoms with Gasteiger partial charge in [-0.15, -0.1) is 10.2 Å². The third-order valence-corrected chi connectivity index (χ3v) is 5.28. The standard InChI is InChI=1S/C19H23N3O3S/c1-24-16-8-6-14(12-17(16)25-2)15-7-9-18(21-20-15)26-13-19(23)22-10-4-3-5-11-22/h6-9,12H,3-5,10-11,13H2,1-2H3. The first-order valence-corrected chi connectivity index (χ1v) is 9.66. The first-order valence-electron chi connectivity index (χ1n) is 8.68. The number of piperidine rings is 1. The van der Waals surface area contributed by atoms with Crippen LogP contribution in [0.1, 0.15) is 19.3 Å². The quantitative estimate of drug-likeness (QED) is 0.724. The first kappa shape index (κ1) is 18.5. The maximum absolute atomic E-state index is 12.2. The van der Waals surface area contributed by atoms with E-state index in [2.05, 4.69) is 10.2 Å². The van der Waals surface area contributed by atoms with Gasteiger partial charge in [-0.3, -0.25) is 4.79 Å². The van der Waals surface area contributed by atoms with Crippen molar-refractivity contribution in [3.8, 4) is 22.8 Å². The third-order valence-electron chi connectivity index (χ3n) is 4.37. The van der Waals surface area contributed by atoms with Crippen molar-refractivity contribution in [1.29, 1.82) is 0 Å². The molecule has 0 bridgehead atoms. The van der Waals surface area contributed by atoms with Crippen LogP contribution in [0.3, 0.4) is 0 Å². The second-order valence-electron chi connectivity index (χ2n) is 6.06. The summed E-state index contributed by atoms with van der Waals surface area (Å²) < 4.78 is 10.6. The van der Waals surface area contributed by atoms with Crippen molar-refractivity contribution in [2.45, 2.75) is 24.3 Å². The van der Waals surface area contributed by atoms with Crippen molar-refractivity contribution in [3.05, 3.63) is 30.3 Å². The highest BCUT2D eigenvalue weighted by Crippen LogP contribution is 2.31. The normalized spacial score (nSPS) is 14.2. The molecule has 26 heavy (non-hydrogen) atoms. The molecule has 1 aromatic heterocycles. The van der Waals surface area contributed by atoms with Gasteiger partial charge in [0.15, 0.2) is 11.5 Å². The maximum atomic E-state index is 12.2. The van der Waals surface area contributed by atoms with Crippen LogP contribution in [-0.4, -0.2) is 54.1 Å². The van der Waals surface area contributed by atoms with Gasteiger partial charge in [0.2, 0.25) is 5.91 Å². The van der Waals surface area contributed by atoms with Gasteiger partial charge in [0.25, 0.3) is 0 Å². The Kier molecular flexibility index (Phi) is 6.33. The van der Waals surface area contributed by atoms with Crippen molar-refractivity contribution in [2.24, 2.45) is 0 Å². The Morgan fingerprint density at radius 1 is 1.04 bits per heavy atom. The van der Waals surface area contributed by atoms with E-state index in [1.807, 2.05) is 35.2 Å². The van der Waals surface area contributed by atoms with Crippen LogP contribution in [0.4, 0.5) is 0 Å². The summed E-state index contributed by atoms with van der Waals surface area (Å²) in [5.74, 6) is 1.91. The second kappa shape index (κ2) is 8.89. The molecule has 1 aliphatic heterocycles. The minimum Gasteiger partial charge on any atom is -0.493 e. The Morgan fingerprint density at radius 2 is 1.81 bits per heavy atom. The number of rotatable bonds is 6. The van der Waals surface area contributed by atoms with Crippen LogP contribution < -0.4 is 9.47 Å². The number of ether oxygens (including phenoxy) is 2. The van der Waals surface area contributed by atoms with Gasteiger partial charge in [0.05, 0.1) is 25.7 Å². The number of methoxy groups -OCH3 is 2. The van der Waals surface area contributed by atoms with Crippen LogP contribution in [0.15, 0.2) is 35.4 Å². The Balaban J connectivity index is 1.62. The SMILES string of the molecule is COc1ccc(-c2ccc(SCC(=O)N3CCCCC3)nn2)cc1OC. The molecule has 1 aliphatic rings. The lowest BCUT2D eigenvalue weighted by atomic mass is 10.1. The lowest BCUT2D eigenvalue weighted by molar-refractivity contribution is -0.129. The van der Waals surface area contributed by atoms with Crippen molar-refractivity contribution in [3.63, 3.8) is 0 Å². The van der Waals surface area contributed by atoms with Crippen LogP contribution in [0.2, 0.25) is 0 Å². The number of aromatic nitrogens is 2. The molecule has 0 saturated carbocycles. The molecule has 0 aliphatic carbocycles. The Morgan fingerprint density at radius 3 is 2.46 bits per heavy atom. The smallest absolute Gasteiger partial charge is 0.232 e. The predicted octanol–water partition coefficient (Wildman–Crippen LogP) is 3.27. The zero-order valence-electron chi connectivity index (χ0n) is 15.1. The average molecular weight is 373 g/mol. The van der Waals surface area contributed by atoms with Gasteiger partial charge in [-0.25, -0.2) is 0 Å². The van der Waals surface area contributed by atoms with Gasteiger partial charge in [-0.05, 0) is 49.6 Å². The third kappa shape index (κ3) is 4.46. The molecule has 1 saturated heterocycles. The Labute approximate surface area is 157 Å². The van der Waals surface area contributed by atoms with Crippen LogP contribution in [0, 0.1) is 0 Å². The second-order valence-corrected chi connectivity index (χ2v) is 7.05. The molecule has 0 spiro atoms. The Hall–Kier alpha value is -2.28. The van der Waals surface area contributed by atoms with Crippen molar-refractivity contribution in [1.82, 2.24) is 15.1 Å². The van der Waals surface area contributed by atoms with E-state index in [1.54, 1.807) is 14.2 Å². The largest absolute Gasteiger partial charge is 0.493 e. The summed E-state index contributed by atoms with van der Waals surface area (Å²) in [4.78, 5) is 14.2. The van der Waals surface area contributed by atoms with Crippen LogP contribution in [0.25, 0.3) is 11.3 Å². The van der Waals surface area contributed by atoms with Gasteiger partial charge in [-0.2, -0.15) is 0 Å². The number of amides is 1. The van der Waals surface area contributed by atoms with Gasteiger partial charge in [-0.1, -0.05) is 11.8 Å². The minimum atomic E-state index is 0.181. The molecule has 1 amide bonds. The van der Waals surface area contributed by atoms with Crippen molar-refractivity contribution < 1.29 is 14.3 Å². The van der Waals surface area contributed by atoms with Crippen molar-refractivity contribution in [2.75, 3.05) is 33.1 Å². The topological polar surface area (TPSA) is 64.5 Å². The summed E-state index contributed by atoms with van der Waals surface area (Å²) in [6, 6.07) is 9.43. The van der Waals surface area contributed by atoms with Crippen molar-refractivity contribution >= 4 is 17.7 Å². The van der Waals surface area contributed by atoms with Gasteiger partial charge in [0, 0.05) is 18.7 Å².